The van der Waals surface area contributed by atoms with E-state index in [1.807, 2.05) is 0 Å². The molecule has 0 radical (unpaired) electrons. The van der Waals surface area contributed by atoms with Crippen molar-refractivity contribution in [2.75, 3.05) is 0 Å². The molecule has 0 aromatic carbocycles. The highest BCUT2D eigenvalue weighted by Crippen LogP contribution is 2.60. The van der Waals surface area contributed by atoms with E-state index in [9.17, 15) is 0 Å². The van der Waals surface area contributed by atoms with Crippen molar-refractivity contribution < 1.29 is 0 Å². The maximum Gasteiger partial charge on any atom is -0.00257 e. The van der Waals surface area contributed by atoms with Crippen LogP contribution >= 0.6 is 0 Å². The van der Waals surface area contributed by atoms with E-state index in [4.69, 9.17) is 0 Å². The Bertz CT molecular complexity index is 298. The Hall–Kier alpha value is -0.740. The zero-order chi connectivity index (χ0) is 8.93. The molecule has 0 saturated heterocycles. The van der Waals surface area contributed by atoms with Crippen LogP contribution in [-0.2, 0) is 0 Å². The topological polar surface area (TPSA) is 0 Å². The van der Waals surface area contributed by atoms with Gasteiger partial charge in [-0.1, -0.05) is 32.1 Å². The zero-order valence-electron chi connectivity index (χ0n) is 8.15. The van der Waals surface area contributed by atoms with Gasteiger partial charge < -0.3 is 0 Å². The highest BCUT2D eigenvalue weighted by Gasteiger charge is 2.52. The highest BCUT2D eigenvalue weighted by atomic mass is 14.6. The van der Waals surface area contributed by atoms with E-state index in [1.54, 1.807) is 0 Å². The van der Waals surface area contributed by atoms with Gasteiger partial charge in [0.25, 0.3) is 0 Å². The summed E-state index contributed by atoms with van der Waals surface area (Å²) in [5, 5.41) is 0. The molecule has 12 heavy (non-hydrogen) atoms. The lowest BCUT2D eigenvalue weighted by atomic mass is 9.48. The van der Waals surface area contributed by atoms with Crippen LogP contribution in [0.15, 0.2) is 29.5 Å². The maximum absolute atomic E-state index is 3.75. The number of hydrogen-bond acceptors (Lipinski definition) is 0. The third kappa shape index (κ3) is 0.738. The molecule has 0 nitrogen and oxygen atoms in total. The predicted octanol–water partition coefficient (Wildman–Crippen LogP) is 3.32. The monoisotopic (exact) mass is 160 g/mol. The summed E-state index contributed by atoms with van der Waals surface area (Å²) in [5.74, 6) is 1.54. The SMILES string of the molecule is C=C=C1C=C(C)[C@@H]2C[C@H]1C2(C)C. The zero-order valence-corrected chi connectivity index (χ0v) is 8.15. The normalized spacial score (nSPS) is 36.6. The summed E-state index contributed by atoms with van der Waals surface area (Å²) in [7, 11) is 0. The molecule has 64 valence electrons. The first kappa shape index (κ1) is 7.89. The first-order valence-electron chi connectivity index (χ1n) is 4.65. The van der Waals surface area contributed by atoms with E-state index in [1.165, 1.54) is 17.6 Å². The van der Waals surface area contributed by atoms with E-state index >= 15 is 0 Å². The molecule has 0 spiro atoms. The van der Waals surface area contributed by atoms with Gasteiger partial charge in [-0.25, -0.2) is 0 Å². The Morgan fingerprint density at radius 3 is 2.58 bits per heavy atom. The molecule has 1 saturated carbocycles. The van der Waals surface area contributed by atoms with Gasteiger partial charge in [-0.15, -0.1) is 5.73 Å². The average molecular weight is 160 g/mol. The van der Waals surface area contributed by atoms with Gasteiger partial charge in [0.2, 0.25) is 0 Å². The fraction of sp³-hybridized carbons (Fsp3) is 0.583. The van der Waals surface area contributed by atoms with Crippen LogP contribution in [0.1, 0.15) is 27.2 Å². The lowest BCUT2D eigenvalue weighted by Gasteiger charge is -2.56. The second-order valence-electron chi connectivity index (χ2n) is 4.68. The summed E-state index contributed by atoms with van der Waals surface area (Å²) >= 11 is 0. The molecule has 2 bridgehead atoms. The minimum absolute atomic E-state index is 0.471. The molecule has 2 atom stereocenters. The van der Waals surface area contributed by atoms with Crippen molar-refractivity contribution in [1.29, 1.82) is 0 Å². The molecule has 1 fully saturated rings. The Labute approximate surface area is 74.7 Å². The van der Waals surface area contributed by atoms with Crippen molar-refractivity contribution in [3.63, 3.8) is 0 Å². The molecule has 0 heteroatoms. The van der Waals surface area contributed by atoms with Gasteiger partial charge in [0.15, 0.2) is 0 Å². The number of fused-ring (bicyclic) bond motifs is 1. The summed E-state index contributed by atoms with van der Waals surface area (Å²) in [6, 6.07) is 0. The second-order valence-corrected chi connectivity index (χ2v) is 4.68. The van der Waals surface area contributed by atoms with Gasteiger partial charge in [-0.2, -0.15) is 0 Å². The lowest BCUT2D eigenvalue weighted by Crippen LogP contribution is -2.48. The molecule has 0 unspecified atom stereocenters. The van der Waals surface area contributed by atoms with E-state index in [0.29, 0.717) is 5.41 Å². The molecular weight excluding hydrogens is 144 g/mol. The van der Waals surface area contributed by atoms with Crippen LogP contribution in [0.5, 0.6) is 0 Å². The van der Waals surface area contributed by atoms with Crippen LogP contribution in [0.2, 0.25) is 0 Å². The van der Waals surface area contributed by atoms with Crippen LogP contribution in [-0.4, -0.2) is 0 Å². The molecule has 0 heterocycles. The van der Waals surface area contributed by atoms with Gasteiger partial charge in [0.05, 0.1) is 0 Å². The predicted molar refractivity (Wildman–Crippen MR) is 51.8 cm³/mol. The Balaban J connectivity index is 2.49. The third-order valence-corrected chi connectivity index (χ3v) is 3.78. The smallest absolute Gasteiger partial charge is 0.00257 e. The van der Waals surface area contributed by atoms with Gasteiger partial charge in [0, 0.05) is 0 Å². The fourth-order valence-corrected chi connectivity index (χ4v) is 2.85. The molecule has 3 rings (SSSR count). The van der Waals surface area contributed by atoms with Crippen LogP contribution in [0, 0.1) is 17.3 Å². The second kappa shape index (κ2) is 2.14. The molecular formula is C12H16. The summed E-state index contributed by atoms with van der Waals surface area (Å²) in [6.45, 7) is 10.7. The van der Waals surface area contributed by atoms with Crippen molar-refractivity contribution in [2.24, 2.45) is 17.3 Å². The molecule has 0 amide bonds. The number of allylic oxidation sites excluding steroid dienone is 3. The molecule has 0 aromatic rings. The van der Waals surface area contributed by atoms with Crippen molar-refractivity contribution in [3.05, 3.63) is 29.5 Å². The van der Waals surface area contributed by atoms with Crippen LogP contribution in [0.3, 0.4) is 0 Å². The first-order chi connectivity index (χ1) is 5.57. The van der Waals surface area contributed by atoms with E-state index < -0.39 is 0 Å². The largest absolute Gasteiger partial charge is 0.125 e. The fourth-order valence-electron chi connectivity index (χ4n) is 2.85. The lowest BCUT2D eigenvalue weighted by molar-refractivity contribution is 0.0240. The Kier molecular flexibility index (Phi) is 1.41. The van der Waals surface area contributed by atoms with Crippen LogP contribution in [0.25, 0.3) is 0 Å². The quantitative estimate of drug-likeness (QED) is 0.477. The van der Waals surface area contributed by atoms with Crippen molar-refractivity contribution >= 4 is 0 Å². The first-order valence-corrected chi connectivity index (χ1v) is 4.65. The molecule has 3 aliphatic rings. The van der Waals surface area contributed by atoms with Crippen molar-refractivity contribution in [2.45, 2.75) is 27.2 Å². The van der Waals surface area contributed by atoms with Gasteiger partial charge in [-0.05, 0) is 36.2 Å². The standard InChI is InChI=1S/C12H16/c1-5-9-6-8(2)10-7-11(9)12(10,3)4/h6,10-11H,1,7H2,2-4H3/t10-,11+/m0/s1. The maximum atomic E-state index is 3.75. The minimum atomic E-state index is 0.471. The number of hydrogen-bond donors (Lipinski definition) is 0. The molecule has 3 aliphatic carbocycles. The molecule has 0 aromatic heterocycles. The Morgan fingerprint density at radius 1 is 1.50 bits per heavy atom. The van der Waals surface area contributed by atoms with Crippen molar-refractivity contribution in [3.8, 4) is 0 Å². The summed E-state index contributed by atoms with van der Waals surface area (Å²) < 4.78 is 0. The van der Waals surface area contributed by atoms with E-state index in [-0.39, 0.29) is 0 Å². The van der Waals surface area contributed by atoms with Gasteiger partial charge in [0.1, 0.15) is 0 Å². The van der Waals surface area contributed by atoms with Gasteiger partial charge >= 0.3 is 0 Å². The minimum Gasteiger partial charge on any atom is -0.125 e. The summed E-state index contributed by atoms with van der Waals surface area (Å²) in [5.41, 5.74) is 6.39. The van der Waals surface area contributed by atoms with E-state index in [0.717, 1.165) is 11.8 Å². The van der Waals surface area contributed by atoms with E-state index in [2.05, 4.69) is 39.2 Å². The summed E-state index contributed by atoms with van der Waals surface area (Å²) in [6.07, 6.45) is 3.60. The average Bonchev–Trinajstić information content (AvgIpc) is 2.02. The van der Waals surface area contributed by atoms with Crippen LogP contribution < -0.4 is 0 Å². The highest BCUT2D eigenvalue weighted by molar-refractivity contribution is 5.38. The summed E-state index contributed by atoms with van der Waals surface area (Å²) in [4.78, 5) is 0. The molecule has 0 aliphatic heterocycles. The van der Waals surface area contributed by atoms with Gasteiger partial charge in [-0.3, -0.25) is 0 Å². The molecule has 0 N–H and O–H groups in total. The number of rotatable bonds is 0. The third-order valence-electron chi connectivity index (χ3n) is 3.78. The van der Waals surface area contributed by atoms with Crippen LogP contribution in [0.4, 0.5) is 0 Å². The van der Waals surface area contributed by atoms with Crippen molar-refractivity contribution in [1.82, 2.24) is 0 Å². The Morgan fingerprint density at radius 2 is 2.17 bits per heavy atom.